The van der Waals surface area contributed by atoms with Gasteiger partial charge in [0.15, 0.2) is 4.33 Å². The third-order valence-electron chi connectivity index (χ3n) is 5.14. The molecule has 0 spiro atoms. The van der Waals surface area contributed by atoms with E-state index in [4.69, 9.17) is 86.0 Å². The van der Waals surface area contributed by atoms with Crippen molar-refractivity contribution in [1.82, 2.24) is 5.06 Å². The molecule has 2 fully saturated rings. The molecule has 148 valence electrons. The lowest BCUT2D eigenvalue weighted by Gasteiger charge is -2.34. The maximum Gasteiger partial charge on any atom is 0.365 e. The first-order chi connectivity index (χ1) is 12.9. The standard InChI is InChI=1S/C16H6Cl7NO4/c17-6-4-2-1-3-5(6)13(27)28-24-11(25)7-8(12(24)26)15(21)10(19)9(18)14(7,20)16(15,22)23/h1-4,7-8H/t7-,8-,14+,15+/m0/s1. The van der Waals surface area contributed by atoms with Crippen LogP contribution in [0.1, 0.15) is 10.4 Å². The van der Waals surface area contributed by atoms with Crippen LogP contribution < -0.4 is 0 Å². The van der Waals surface area contributed by atoms with E-state index in [0.29, 0.717) is 0 Å². The van der Waals surface area contributed by atoms with Crippen molar-refractivity contribution in [2.75, 3.05) is 0 Å². The molecule has 0 N–H and O–H groups in total. The third-order valence-corrected chi connectivity index (χ3v) is 9.72. The average molecular weight is 524 g/mol. The summed E-state index contributed by atoms with van der Waals surface area (Å²) in [6.07, 6.45) is 0. The van der Waals surface area contributed by atoms with Gasteiger partial charge in [-0.25, -0.2) is 4.79 Å². The molecular formula is C16H6Cl7NO4. The van der Waals surface area contributed by atoms with Crippen LogP contribution in [0.15, 0.2) is 34.3 Å². The summed E-state index contributed by atoms with van der Waals surface area (Å²) >= 11 is 44.1. The first-order valence-corrected chi connectivity index (χ1v) is 10.2. The van der Waals surface area contributed by atoms with Gasteiger partial charge in [0.2, 0.25) is 0 Å². The van der Waals surface area contributed by atoms with Crippen molar-refractivity contribution in [3.8, 4) is 0 Å². The smallest absolute Gasteiger partial charge is 0.325 e. The molecule has 2 bridgehead atoms. The van der Waals surface area contributed by atoms with Gasteiger partial charge in [-0.3, -0.25) is 9.59 Å². The van der Waals surface area contributed by atoms with E-state index in [1.807, 2.05) is 0 Å². The first-order valence-electron chi connectivity index (χ1n) is 7.58. The minimum absolute atomic E-state index is 0.0517. The number of carbonyl (C=O) groups is 3. The molecule has 1 aliphatic heterocycles. The Labute approximate surface area is 193 Å². The Balaban J connectivity index is 1.74. The summed E-state index contributed by atoms with van der Waals surface area (Å²) < 4.78 is -2.06. The van der Waals surface area contributed by atoms with Crippen LogP contribution in [0, 0.1) is 11.8 Å². The van der Waals surface area contributed by atoms with Gasteiger partial charge >= 0.3 is 5.97 Å². The molecule has 1 aromatic carbocycles. The van der Waals surface area contributed by atoms with Gasteiger partial charge in [0, 0.05) is 0 Å². The number of amides is 2. The second kappa shape index (κ2) is 6.30. The molecule has 1 saturated carbocycles. The van der Waals surface area contributed by atoms with Gasteiger partial charge in [-0.15, -0.1) is 28.3 Å². The van der Waals surface area contributed by atoms with Gasteiger partial charge in [0.1, 0.15) is 9.75 Å². The second-order valence-corrected chi connectivity index (χ2v) is 10.1. The second-order valence-electron chi connectivity index (χ2n) is 6.41. The van der Waals surface area contributed by atoms with Crippen molar-refractivity contribution in [3.05, 3.63) is 44.9 Å². The molecule has 4 rings (SSSR count). The number of imide groups is 1. The Morgan fingerprint density at radius 3 is 1.82 bits per heavy atom. The minimum Gasteiger partial charge on any atom is -0.325 e. The zero-order valence-corrected chi connectivity index (χ0v) is 18.5. The SMILES string of the molecule is O=C(ON1C(=O)[C@@H]2[C@@H](C1=O)[C@@]1(Cl)C(Cl)=C(Cl)[C@@]2(Cl)C1(Cl)Cl)c1ccccc1Cl. The van der Waals surface area contributed by atoms with E-state index >= 15 is 0 Å². The van der Waals surface area contributed by atoms with Gasteiger partial charge in [-0.1, -0.05) is 70.1 Å². The molecular weight excluding hydrogens is 518 g/mol. The number of alkyl halides is 4. The molecule has 1 aromatic rings. The minimum atomic E-state index is -2.06. The van der Waals surface area contributed by atoms with Crippen LogP contribution >= 0.6 is 81.2 Å². The highest BCUT2D eigenvalue weighted by molar-refractivity contribution is 6.66. The summed E-state index contributed by atoms with van der Waals surface area (Å²) in [5.74, 6) is -5.74. The van der Waals surface area contributed by atoms with E-state index in [9.17, 15) is 14.4 Å². The maximum atomic E-state index is 12.9. The van der Waals surface area contributed by atoms with Crippen molar-refractivity contribution in [3.63, 3.8) is 0 Å². The predicted octanol–water partition coefficient (Wildman–Crippen LogP) is 4.86. The molecule has 3 aliphatic rings. The molecule has 2 aliphatic carbocycles. The van der Waals surface area contributed by atoms with Gasteiger partial charge in [-0.2, -0.15) is 0 Å². The number of benzene rings is 1. The fraction of sp³-hybridized carbons (Fsp3) is 0.312. The van der Waals surface area contributed by atoms with E-state index in [2.05, 4.69) is 0 Å². The number of hydrogen-bond acceptors (Lipinski definition) is 4. The summed E-state index contributed by atoms with van der Waals surface area (Å²) in [6, 6.07) is 5.94. The average Bonchev–Trinajstić information content (AvgIpc) is 3.01. The Morgan fingerprint density at radius 2 is 1.36 bits per heavy atom. The van der Waals surface area contributed by atoms with Gasteiger partial charge in [0.25, 0.3) is 11.8 Å². The van der Waals surface area contributed by atoms with E-state index in [0.717, 1.165) is 0 Å². The lowest BCUT2D eigenvalue weighted by molar-refractivity contribution is -0.175. The van der Waals surface area contributed by atoms with Crippen LogP contribution in [0.25, 0.3) is 0 Å². The molecule has 0 unspecified atom stereocenters. The van der Waals surface area contributed by atoms with Crippen molar-refractivity contribution in [2.45, 2.75) is 14.1 Å². The molecule has 28 heavy (non-hydrogen) atoms. The predicted molar refractivity (Wildman–Crippen MR) is 106 cm³/mol. The van der Waals surface area contributed by atoms with Crippen molar-refractivity contribution in [2.24, 2.45) is 11.8 Å². The highest BCUT2D eigenvalue weighted by Gasteiger charge is 2.88. The summed E-state index contributed by atoms with van der Waals surface area (Å²) in [5.41, 5.74) is -0.0517. The Morgan fingerprint density at radius 1 is 0.893 bits per heavy atom. The topological polar surface area (TPSA) is 63.7 Å². The molecule has 2 amide bonds. The molecule has 0 radical (unpaired) electrons. The largest absolute Gasteiger partial charge is 0.365 e. The number of halogens is 7. The van der Waals surface area contributed by atoms with E-state index in [1.54, 1.807) is 6.07 Å². The molecule has 0 aromatic heterocycles. The normalized spacial score (nSPS) is 35.6. The number of hydrogen-bond donors (Lipinski definition) is 0. The zero-order valence-electron chi connectivity index (χ0n) is 13.2. The highest BCUT2D eigenvalue weighted by atomic mass is 35.5. The highest BCUT2D eigenvalue weighted by Crippen LogP contribution is 2.77. The Kier molecular flexibility index (Phi) is 4.69. The summed E-state index contributed by atoms with van der Waals surface area (Å²) in [6.45, 7) is 0. The van der Waals surface area contributed by atoms with Gasteiger partial charge in [-0.05, 0) is 12.1 Å². The molecule has 4 atom stereocenters. The van der Waals surface area contributed by atoms with E-state index in [1.165, 1.54) is 18.2 Å². The van der Waals surface area contributed by atoms with Crippen LogP contribution in [-0.4, -0.2) is 36.9 Å². The fourth-order valence-electron chi connectivity index (χ4n) is 3.82. The van der Waals surface area contributed by atoms with Crippen LogP contribution in [0.4, 0.5) is 0 Å². The van der Waals surface area contributed by atoms with Crippen molar-refractivity contribution < 1.29 is 19.2 Å². The number of nitrogens with zero attached hydrogens (tertiary/aromatic N) is 1. The Bertz CT molecular complexity index is 949. The van der Waals surface area contributed by atoms with Crippen molar-refractivity contribution in [1.29, 1.82) is 0 Å². The Hall–Kier alpha value is -0.400. The number of rotatable bonds is 2. The quantitative estimate of drug-likeness (QED) is 0.410. The summed E-state index contributed by atoms with van der Waals surface area (Å²) in [4.78, 5) is 39.3. The zero-order chi connectivity index (χ0) is 20.8. The number of carbonyl (C=O) groups excluding carboxylic acids is 3. The third kappa shape index (κ3) is 2.16. The number of hydroxylamine groups is 2. The number of fused-ring (bicyclic) bond motifs is 5. The number of allylic oxidation sites excluding steroid dienone is 2. The first kappa shape index (κ1) is 20.9. The van der Waals surface area contributed by atoms with Gasteiger partial charge in [0.05, 0.1) is 32.5 Å². The van der Waals surface area contributed by atoms with Crippen LogP contribution in [0.2, 0.25) is 5.02 Å². The summed E-state index contributed by atoms with van der Waals surface area (Å²) in [7, 11) is 0. The molecule has 5 nitrogen and oxygen atoms in total. The molecule has 12 heteroatoms. The molecule has 1 saturated heterocycles. The van der Waals surface area contributed by atoms with Crippen LogP contribution in [0.3, 0.4) is 0 Å². The van der Waals surface area contributed by atoms with Crippen molar-refractivity contribution >= 4 is 99.0 Å². The lowest BCUT2D eigenvalue weighted by atomic mass is 9.84. The van der Waals surface area contributed by atoms with Gasteiger partial charge < -0.3 is 4.84 Å². The fourth-order valence-corrected chi connectivity index (χ4v) is 6.96. The monoisotopic (exact) mass is 521 g/mol. The maximum absolute atomic E-state index is 12.9. The van der Waals surface area contributed by atoms with E-state index in [-0.39, 0.29) is 25.7 Å². The lowest BCUT2D eigenvalue weighted by Crippen LogP contribution is -2.50. The molecule has 1 heterocycles. The summed E-state index contributed by atoms with van der Waals surface area (Å²) in [5, 5.41) is -0.129. The van der Waals surface area contributed by atoms with Crippen LogP contribution in [0.5, 0.6) is 0 Å². The van der Waals surface area contributed by atoms with E-state index < -0.39 is 43.7 Å². The van der Waals surface area contributed by atoms with Crippen LogP contribution in [-0.2, 0) is 14.4 Å².